The molecule has 2 aromatic carbocycles. The van der Waals surface area contributed by atoms with Crippen LogP contribution in [0, 0.1) is 0 Å². The summed E-state index contributed by atoms with van der Waals surface area (Å²) in [6.07, 6.45) is 0. The van der Waals surface area contributed by atoms with E-state index in [0.29, 0.717) is 0 Å². The predicted molar refractivity (Wildman–Crippen MR) is 68.8 cm³/mol. The first-order chi connectivity index (χ1) is 8.35. The third kappa shape index (κ3) is 2.73. The molecule has 0 aromatic heterocycles. The van der Waals surface area contributed by atoms with Crippen LogP contribution in [0.15, 0.2) is 54.6 Å². The van der Waals surface area contributed by atoms with Crippen LogP contribution in [-0.2, 0) is 0 Å². The zero-order chi connectivity index (χ0) is 12.1. The van der Waals surface area contributed by atoms with Crippen molar-refractivity contribution >= 4 is 0 Å². The number of aliphatic hydroxyl groups excluding tert-OH is 2. The highest BCUT2D eigenvalue weighted by molar-refractivity contribution is 5.64. The lowest BCUT2D eigenvalue weighted by atomic mass is 9.96. The number of hydrogen-bond donors (Lipinski definition) is 2. The largest absolute Gasteiger partial charge is 0.396 e. The molecule has 0 saturated carbocycles. The quantitative estimate of drug-likeness (QED) is 0.843. The van der Waals surface area contributed by atoms with Crippen molar-refractivity contribution in [1.82, 2.24) is 0 Å². The minimum Gasteiger partial charge on any atom is -0.396 e. The van der Waals surface area contributed by atoms with Crippen molar-refractivity contribution in [1.29, 1.82) is 0 Å². The fraction of sp³-hybridized carbons (Fsp3) is 0.200. The Labute approximate surface area is 101 Å². The van der Waals surface area contributed by atoms with E-state index in [2.05, 4.69) is 0 Å². The van der Waals surface area contributed by atoms with Gasteiger partial charge in [-0.2, -0.15) is 0 Å². The molecule has 0 unspecified atom stereocenters. The second kappa shape index (κ2) is 5.62. The maximum Gasteiger partial charge on any atom is 0.0521 e. The van der Waals surface area contributed by atoms with Crippen LogP contribution in [-0.4, -0.2) is 23.4 Å². The summed E-state index contributed by atoms with van der Waals surface area (Å²) in [5, 5.41) is 18.4. The Morgan fingerprint density at radius 1 is 0.765 bits per heavy atom. The van der Waals surface area contributed by atoms with Gasteiger partial charge in [-0.1, -0.05) is 54.6 Å². The van der Waals surface area contributed by atoms with Gasteiger partial charge in [0.25, 0.3) is 0 Å². The summed E-state index contributed by atoms with van der Waals surface area (Å²) >= 11 is 0. The molecule has 2 N–H and O–H groups in total. The standard InChI is InChI=1S/C15H16O2/c16-10-15(11-17)14-8-4-7-13(9-14)12-5-2-1-3-6-12/h1-9,15-17H,10-11H2. The van der Waals surface area contributed by atoms with Gasteiger partial charge >= 0.3 is 0 Å². The van der Waals surface area contributed by atoms with E-state index >= 15 is 0 Å². The minimum atomic E-state index is -0.196. The van der Waals surface area contributed by atoms with Crippen LogP contribution in [0.2, 0.25) is 0 Å². The molecule has 0 aliphatic heterocycles. The molecule has 0 spiro atoms. The molecule has 2 nitrogen and oxygen atoms in total. The maximum atomic E-state index is 9.18. The molecule has 2 heteroatoms. The van der Waals surface area contributed by atoms with Crippen molar-refractivity contribution in [2.75, 3.05) is 13.2 Å². The summed E-state index contributed by atoms with van der Waals surface area (Å²) in [7, 11) is 0. The molecule has 0 saturated heterocycles. The van der Waals surface area contributed by atoms with Crippen LogP contribution in [0.5, 0.6) is 0 Å². The molecule has 0 atom stereocenters. The summed E-state index contributed by atoms with van der Waals surface area (Å²) in [4.78, 5) is 0. The van der Waals surface area contributed by atoms with Crippen molar-refractivity contribution in [2.45, 2.75) is 5.92 Å². The van der Waals surface area contributed by atoms with Crippen molar-refractivity contribution in [3.05, 3.63) is 60.2 Å². The lowest BCUT2D eigenvalue weighted by molar-refractivity contribution is 0.192. The number of aliphatic hydroxyl groups is 2. The van der Waals surface area contributed by atoms with E-state index in [0.717, 1.165) is 16.7 Å². The SMILES string of the molecule is OCC(CO)c1cccc(-c2ccccc2)c1. The summed E-state index contributed by atoms with van der Waals surface area (Å²) < 4.78 is 0. The molecule has 17 heavy (non-hydrogen) atoms. The molecular weight excluding hydrogens is 212 g/mol. The van der Waals surface area contributed by atoms with Gasteiger partial charge in [0.05, 0.1) is 13.2 Å². The van der Waals surface area contributed by atoms with Gasteiger partial charge in [0.15, 0.2) is 0 Å². The summed E-state index contributed by atoms with van der Waals surface area (Å²) in [5.41, 5.74) is 3.22. The van der Waals surface area contributed by atoms with Gasteiger partial charge in [0.1, 0.15) is 0 Å². The molecule has 0 bridgehead atoms. The van der Waals surface area contributed by atoms with Gasteiger partial charge in [-0.05, 0) is 16.7 Å². The Balaban J connectivity index is 2.35. The normalized spacial score (nSPS) is 10.8. The summed E-state index contributed by atoms with van der Waals surface area (Å²) in [6.45, 7) is -0.0660. The van der Waals surface area contributed by atoms with Crippen molar-refractivity contribution in [3.63, 3.8) is 0 Å². The molecule has 0 aliphatic rings. The summed E-state index contributed by atoms with van der Waals surface area (Å²) in [6, 6.07) is 18.0. The number of hydrogen-bond acceptors (Lipinski definition) is 2. The van der Waals surface area contributed by atoms with Crippen LogP contribution in [0.4, 0.5) is 0 Å². The highest BCUT2D eigenvalue weighted by Crippen LogP contribution is 2.23. The van der Waals surface area contributed by atoms with Crippen LogP contribution >= 0.6 is 0 Å². The zero-order valence-corrected chi connectivity index (χ0v) is 9.58. The second-order valence-corrected chi connectivity index (χ2v) is 4.05. The molecule has 0 amide bonds. The van der Waals surface area contributed by atoms with E-state index in [9.17, 15) is 10.2 Å². The maximum absolute atomic E-state index is 9.18. The molecule has 0 radical (unpaired) electrons. The lowest BCUT2D eigenvalue weighted by Gasteiger charge is -2.12. The van der Waals surface area contributed by atoms with Crippen LogP contribution in [0.3, 0.4) is 0 Å². The molecule has 0 aliphatic carbocycles. The number of benzene rings is 2. The van der Waals surface area contributed by atoms with E-state index in [1.807, 2.05) is 54.6 Å². The highest BCUT2D eigenvalue weighted by Gasteiger charge is 2.09. The van der Waals surface area contributed by atoms with Gasteiger partial charge in [-0.15, -0.1) is 0 Å². The third-order valence-corrected chi connectivity index (χ3v) is 2.91. The molecular formula is C15H16O2. The predicted octanol–water partition coefficient (Wildman–Crippen LogP) is 2.42. The minimum absolute atomic E-state index is 0.0330. The fourth-order valence-electron chi connectivity index (χ4n) is 1.87. The van der Waals surface area contributed by atoms with E-state index in [-0.39, 0.29) is 19.1 Å². The average Bonchev–Trinajstić information content (AvgIpc) is 2.42. The first-order valence-electron chi connectivity index (χ1n) is 5.72. The Morgan fingerprint density at radius 2 is 1.41 bits per heavy atom. The average molecular weight is 228 g/mol. The first-order valence-corrected chi connectivity index (χ1v) is 5.72. The van der Waals surface area contributed by atoms with Gasteiger partial charge in [0, 0.05) is 5.92 Å². The van der Waals surface area contributed by atoms with Gasteiger partial charge in [0.2, 0.25) is 0 Å². The van der Waals surface area contributed by atoms with Gasteiger partial charge in [-0.3, -0.25) is 0 Å². The Kier molecular flexibility index (Phi) is 3.91. The van der Waals surface area contributed by atoms with Crippen LogP contribution < -0.4 is 0 Å². The summed E-state index contributed by atoms with van der Waals surface area (Å²) in [5.74, 6) is -0.196. The first kappa shape index (κ1) is 11.8. The lowest BCUT2D eigenvalue weighted by Crippen LogP contribution is -2.08. The van der Waals surface area contributed by atoms with Crippen molar-refractivity contribution < 1.29 is 10.2 Å². The molecule has 0 heterocycles. The number of rotatable bonds is 4. The zero-order valence-electron chi connectivity index (χ0n) is 9.58. The second-order valence-electron chi connectivity index (χ2n) is 4.05. The van der Waals surface area contributed by atoms with Gasteiger partial charge < -0.3 is 10.2 Å². The van der Waals surface area contributed by atoms with E-state index in [4.69, 9.17) is 0 Å². The van der Waals surface area contributed by atoms with Crippen LogP contribution in [0.1, 0.15) is 11.5 Å². The van der Waals surface area contributed by atoms with E-state index < -0.39 is 0 Å². The van der Waals surface area contributed by atoms with Gasteiger partial charge in [-0.25, -0.2) is 0 Å². The third-order valence-electron chi connectivity index (χ3n) is 2.91. The molecule has 0 fully saturated rings. The molecule has 2 aromatic rings. The Morgan fingerprint density at radius 3 is 2.06 bits per heavy atom. The Hall–Kier alpha value is -1.64. The topological polar surface area (TPSA) is 40.5 Å². The fourth-order valence-corrected chi connectivity index (χ4v) is 1.87. The van der Waals surface area contributed by atoms with E-state index in [1.54, 1.807) is 0 Å². The van der Waals surface area contributed by atoms with Crippen molar-refractivity contribution in [3.8, 4) is 11.1 Å². The van der Waals surface area contributed by atoms with Crippen LogP contribution in [0.25, 0.3) is 11.1 Å². The monoisotopic (exact) mass is 228 g/mol. The molecule has 88 valence electrons. The molecule has 2 rings (SSSR count). The van der Waals surface area contributed by atoms with E-state index in [1.165, 1.54) is 0 Å². The van der Waals surface area contributed by atoms with Crippen molar-refractivity contribution in [2.24, 2.45) is 0 Å². The smallest absolute Gasteiger partial charge is 0.0521 e. The highest BCUT2D eigenvalue weighted by atomic mass is 16.3. The Bertz CT molecular complexity index is 461.